The van der Waals surface area contributed by atoms with Crippen molar-refractivity contribution in [3.63, 3.8) is 0 Å². The van der Waals surface area contributed by atoms with Gasteiger partial charge in [-0.1, -0.05) is 23.5 Å². The smallest absolute Gasteiger partial charge is 0.338 e. The lowest BCUT2D eigenvalue weighted by molar-refractivity contribution is -0.139. The molecule has 2 aromatic carbocycles. The largest absolute Gasteiger partial charge is 0.497 e. The van der Waals surface area contributed by atoms with Crippen molar-refractivity contribution in [2.24, 2.45) is 4.99 Å². The molecule has 5 rings (SSSR count). The summed E-state index contributed by atoms with van der Waals surface area (Å²) in [4.78, 5) is 32.2. The number of thiazole rings is 1. The molecule has 2 aromatic heterocycles. The molecule has 1 aliphatic rings. The summed E-state index contributed by atoms with van der Waals surface area (Å²) in [5, 5.41) is 0. The van der Waals surface area contributed by atoms with Gasteiger partial charge in [0.2, 0.25) is 0 Å². The minimum atomic E-state index is -0.718. The third-order valence-electron chi connectivity index (χ3n) is 6.77. The molecule has 3 heterocycles. The van der Waals surface area contributed by atoms with Crippen LogP contribution in [0.3, 0.4) is 0 Å². The highest BCUT2D eigenvalue weighted by Gasteiger charge is 2.33. The lowest BCUT2D eigenvalue weighted by Gasteiger charge is -2.25. The van der Waals surface area contributed by atoms with E-state index in [-0.39, 0.29) is 18.0 Å². The van der Waals surface area contributed by atoms with Crippen molar-refractivity contribution >= 4 is 23.4 Å². The zero-order valence-electron chi connectivity index (χ0n) is 22.3. The summed E-state index contributed by atoms with van der Waals surface area (Å²) in [5.74, 6) is -0.199. The highest BCUT2D eigenvalue weighted by molar-refractivity contribution is 7.07. The second-order valence-corrected chi connectivity index (χ2v) is 10.2. The van der Waals surface area contributed by atoms with Crippen LogP contribution in [-0.4, -0.2) is 28.8 Å². The maximum Gasteiger partial charge on any atom is 0.338 e. The average molecular weight is 546 g/mol. The first kappa shape index (κ1) is 26.4. The summed E-state index contributed by atoms with van der Waals surface area (Å²) in [5.41, 5.74) is 4.84. The first-order chi connectivity index (χ1) is 18.7. The Morgan fingerprint density at radius 3 is 2.56 bits per heavy atom. The number of methoxy groups -OCH3 is 1. The van der Waals surface area contributed by atoms with Gasteiger partial charge in [-0.05, 0) is 87.4 Å². The molecule has 0 spiro atoms. The van der Waals surface area contributed by atoms with Crippen LogP contribution >= 0.6 is 11.3 Å². The molecule has 9 heteroatoms. The molecule has 4 aromatic rings. The van der Waals surface area contributed by atoms with Crippen LogP contribution in [0.2, 0.25) is 0 Å². The van der Waals surface area contributed by atoms with Crippen molar-refractivity contribution < 1.29 is 18.7 Å². The number of hydrogen-bond acceptors (Lipinski definition) is 6. The molecule has 39 heavy (non-hydrogen) atoms. The Labute approximate surface area is 228 Å². The van der Waals surface area contributed by atoms with E-state index in [2.05, 4.69) is 4.99 Å². The highest BCUT2D eigenvalue weighted by Crippen LogP contribution is 2.32. The number of fused-ring (bicyclic) bond motifs is 1. The predicted octanol–water partition coefficient (Wildman–Crippen LogP) is 4.35. The summed E-state index contributed by atoms with van der Waals surface area (Å²) >= 11 is 1.27. The van der Waals surface area contributed by atoms with Crippen molar-refractivity contribution in [2.45, 2.75) is 33.7 Å². The normalized spacial score (nSPS) is 15.2. The Hall–Kier alpha value is -4.24. The van der Waals surface area contributed by atoms with E-state index in [0.717, 1.165) is 22.6 Å². The van der Waals surface area contributed by atoms with E-state index in [0.29, 0.717) is 31.9 Å². The molecule has 0 N–H and O–H groups in total. The second kappa shape index (κ2) is 10.5. The molecule has 0 fully saturated rings. The van der Waals surface area contributed by atoms with Crippen molar-refractivity contribution in [1.29, 1.82) is 0 Å². The zero-order valence-corrected chi connectivity index (χ0v) is 23.1. The van der Waals surface area contributed by atoms with Crippen LogP contribution < -0.4 is 19.6 Å². The second-order valence-electron chi connectivity index (χ2n) is 9.22. The Morgan fingerprint density at radius 2 is 1.87 bits per heavy atom. The Bertz CT molecular complexity index is 1790. The molecule has 0 aliphatic carbocycles. The number of rotatable bonds is 6. The van der Waals surface area contributed by atoms with Gasteiger partial charge in [-0.15, -0.1) is 0 Å². The molecule has 0 amide bonds. The molecule has 200 valence electrons. The Kier molecular flexibility index (Phi) is 7.10. The van der Waals surface area contributed by atoms with E-state index in [1.165, 1.54) is 23.5 Å². The van der Waals surface area contributed by atoms with Gasteiger partial charge in [0.05, 0.1) is 35.6 Å². The SMILES string of the molecule is CCOC(=O)C1=C(C)N=c2s/c(=C/c3cc(C)n(-c4ccc(F)cc4)c3C)c(=O)n2[C@H]1c1cccc(OC)c1. The lowest BCUT2D eigenvalue weighted by Crippen LogP contribution is -2.39. The average Bonchev–Trinajstić information content (AvgIpc) is 3.37. The summed E-state index contributed by atoms with van der Waals surface area (Å²) in [6, 6.07) is 14.9. The maximum atomic E-state index is 13.9. The van der Waals surface area contributed by atoms with E-state index in [1.807, 2.05) is 54.8 Å². The van der Waals surface area contributed by atoms with Gasteiger partial charge >= 0.3 is 5.97 Å². The zero-order chi connectivity index (χ0) is 27.8. The fraction of sp³-hybridized carbons (Fsp3) is 0.233. The molecule has 0 bridgehead atoms. The number of carbonyl (C=O) groups is 1. The first-order valence-corrected chi connectivity index (χ1v) is 13.3. The molecular formula is C30H28FN3O4S. The molecule has 0 radical (unpaired) electrons. The predicted molar refractivity (Wildman–Crippen MR) is 149 cm³/mol. The van der Waals surface area contributed by atoms with E-state index >= 15 is 0 Å². The van der Waals surface area contributed by atoms with Crippen LogP contribution in [0.25, 0.3) is 11.8 Å². The van der Waals surface area contributed by atoms with Crippen LogP contribution in [0.15, 0.2) is 75.7 Å². The summed E-state index contributed by atoms with van der Waals surface area (Å²) in [7, 11) is 1.57. The third kappa shape index (κ3) is 4.74. The number of hydrogen-bond donors (Lipinski definition) is 0. The number of halogens is 1. The summed E-state index contributed by atoms with van der Waals surface area (Å²) in [6.07, 6.45) is 1.85. The molecule has 1 aliphatic heterocycles. The molecular weight excluding hydrogens is 517 g/mol. The van der Waals surface area contributed by atoms with Crippen LogP contribution in [0.4, 0.5) is 4.39 Å². The Morgan fingerprint density at radius 1 is 1.13 bits per heavy atom. The Balaban J connectivity index is 1.69. The number of allylic oxidation sites excluding steroid dienone is 1. The van der Waals surface area contributed by atoms with Crippen LogP contribution in [0, 0.1) is 19.7 Å². The van der Waals surface area contributed by atoms with Crippen LogP contribution in [-0.2, 0) is 9.53 Å². The van der Waals surface area contributed by atoms with Crippen molar-refractivity contribution in [2.75, 3.05) is 13.7 Å². The monoisotopic (exact) mass is 545 g/mol. The van der Waals surface area contributed by atoms with Crippen molar-refractivity contribution in [3.05, 3.63) is 114 Å². The molecule has 7 nitrogen and oxygen atoms in total. The fourth-order valence-corrected chi connectivity index (χ4v) is 6.02. The van der Waals surface area contributed by atoms with Crippen molar-refractivity contribution in [3.8, 4) is 11.4 Å². The van der Waals surface area contributed by atoms with E-state index in [1.54, 1.807) is 37.7 Å². The van der Waals surface area contributed by atoms with Gasteiger partial charge in [-0.2, -0.15) is 0 Å². The lowest BCUT2D eigenvalue weighted by atomic mass is 9.95. The number of benzene rings is 2. The molecule has 1 atom stereocenters. The van der Waals surface area contributed by atoms with Crippen molar-refractivity contribution in [1.82, 2.24) is 9.13 Å². The van der Waals surface area contributed by atoms with Gasteiger partial charge in [-0.3, -0.25) is 9.36 Å². The van der Waals surface area contributed by atoms with Gasteiger partial charge < -0.3 is 14.0 Å². The molecule has 0 unspecified atom stereocenters. The van der Waals surface area contributed by atoms with Gasteiger partial charge in [-0.25, -0.2) is 14.2 Å². The number of carbonyl (C=O) groups excluding carboxylic acids is 1. The van der Waals surface area contributed by atoms with Gasteiger partial charge in [0.15, 0.2) is 4.80 Å². The highest BCUT2D eigenvalue weighted by atomic mass is 32.1. The maximum absolute atomic E-state index is 13.9. The van der Waals surface area contributed by atoms with E-state index in [4.69, 9.17) is 9.47 Å². The number of nitrogens with zero attached hydrogens (tertiary/aromatic N) is 3. The number of esters is 1. The minimum Gasteiger partial charge on any atom is -0.497 e. The van der Waals surface area contributed by atoms with Gasteiger partial charge in [0, 0.05) is 17.1 Å². The first-order valence-electron chi connectivity index (χ1n) is 12.5. The topological polar surface area (TPSA) is 74.8 Å². The number of aryl methyl sites for hydroxylation is 1. The van der Waals surface area contributed by atoms with Crippen LogP contribution in [0.5, 0.6) is 5.75 Å². The third-order valence-corrected chi connectivity index (χ3v) is 7.75. The van der Waals surface area contributed by atoms with E-state index in [9.17, 15) is 14.0 Å². The van der Waals surface area contributed by atoms with Crippen LogP contribution in [0.1, 0.15) is 42.4 Å². The quantitative estimate of drug-likeness (QED) is 0.338. The van der Waals surface area contributed by atoms with Gasteiger partial charge in [0.25, 0.3) is 5.56 Å². The fourth-order valence-electron chi connectivity index (χ4n) is 4.98. The number of aromatic nitrogens is 2. The summed E-state index contributed by atoms with van der Waals surface area (Å²) in [6.45, 7) is 7.63. The standard InChI is InChI=1S/C30H28FN3O4S/c1-6-38-29(36)26-18(3)32-30-34(27(26)20-8-7-9-24(15-20)37-5)28(35)25(39-30)16-21-14-17(2)33(19(21)4)23-12-10-22(31)11-13-23/h7-16,27H,6H2,1-5H3/b25-16+/t27-/m0/s1. The molecule has 0 saturated carbocycles. The van der Waals surface area contributed by atoms with E-state index < -0.39 is 12.0 Å². The van der Waals surface area contributed by atoms with Gasteiger partial charge in [0.1, 0.15) is 11.6 Å². The summed E-state index contributed by atoms with van der Waals surface area (Å²) < 4.78 is 28.3. The minimum absolute atomic E-state index is 0.203. The number of ether oxygens (including phenoxy) is 2. The molecule has 0 saturated heterocycles.